The highest BCUT2D eigenvalue weighted by Crippen LogP contribution is 2.40. The third kappa shape index (κ3) is 4.47. The number of pyridine rings is 1. The number of thiocarbonyl (C=S) groups is 1. The third-order valence-electron chi connectivity index (χ3n) is 5.10. The number of halogens is 2. The van der Waals surface area contributed by atoms with Crippen molar-refractivity contribution in [1.82, 2.24) is 15.2 Å². The lowest BCUT2D eigenvalue weighted by Crippen LogP contribution is -2.31. The van der Waals surface area contributed by atoms with Crippen LogP contribution in [0.5, 0.6) is 0 Å². The second kappa shape index (κ2) is 9.15. The summed E-state index contributed by atoms with van der Waals surface area (Å²) < 4.78 is 26.0. The molecule has 0 unspecified atom stereocenters. The van der Waals surface area contributed by atoms with Gasteiger partial charge in [0, 0.05) is 17.2 Å². The lowest BCUT2D eigenvalue weighted by molar-refractivity contribution is -0.140. The van der Waals surface area contributed by atoms with Crippen molar-refractivity contribution in [1.29, 1.82) is 0 Å². The summed E-state index contributed by atoms with van der Waals surface area (Å²) in [5, 5.41) is 3.76. The molecule has 1 aromatic carbocycles. The summed E-state index contributed by atoms with van der Waals surface area (Å²) in [7, 11) is 1.35. The van der Waals surface area contributed by atoms with Crippen LogP contribution < -0.4 is 5.32 Å². The van der Waals surface area contributed by atoms with E-state index in [1.165, 1.54) is 13.2 Å². The fraction of sp³-hybridized carbons (Fsp3) is 0.227. The first-order valence-electron chi connectivity index (χ1n) is 9.58. The van der Waals surface area contributed by atoms with Crippen LogP contribution in [-0.4, -0.2) is 34.6 Å². The lowest BCUT2D eigenvalue weighted by Gasteiger charge is -2.25. The van der Waals surface area contributed by atoms with Gasteiger partial charge in [0.25, 0.3) is 0 Å². The highest BCUT2D eigenvalue weighted by atomic mass is 79.9. The fourth-order valence-electron chi connectivity index (χ4n) is 3.61. The van der Waals surface area contributed by atoms with E-state index in [1.54, 1.807) is 30.5 Å². The minimum absolute atomic E-state index is 0.165. The second-order valence-electron chi connectivity index (χ2n) is 6.97. The van der Waals surface area contributed by atoms with Gasteiger partial charge in [0.2, 0.25) is 0 Å². The number of benzene rings is 1. The van der Waals surface area contributed by atoms with Crippen LogP contribution in [0.3, 0.4) is 0 Å². The predicted octanol–water partition coefficient (Wildman–Crippen LogP) is 4.78. The summed E-state index contributed by atoms with van der Waals surface area (Å²) in [5.41, 5.74) is 1.14. The van der Waals surface area contributed by atoms with Gasteiger partial charge in [0.15, 0.2) is 5.11 Å². The maximum atomic E-state index is 14.5. The molecule has 160 valence electrons. The van der Waals surface area contributed by atoms with Gasteiger partial charge in [0.05, 0.1) is 30.8 Å². The Balaban J connectivity index is 1.70. The minimum Gasteiger partial charge on any atom is -0.469 e. The van der Waals surface area contributed by atoms with Crippen LogP contribution in [0, 0.1) is 5.82 Å². The largest absolute Gasteiger partial charge is 0.469 e. The smallest absolute Gasteiger partial charge is 0.307 e. The van der Waals surface area contributed by atoms with Gasteiger partial charge in [-0.25, -0.2) is 4.39 Å². The summed E-state index contributed by atoms with van der Waals surface area (Å²) in [5.74, 6) is 0.273. The molecule has 1 saturated heterocycles. The van der Waals surface area contributed by atoms with Gasteiger partial charge in [-0.3, -0.25) is 9.78 Å². The first-order valence-corrected chi connectivity index (χ1v) is 10.8. The van der Waals surface area contributed by atoms with Crippen LogP contribution in [0.4, 0.5) is 4.39 Å². The van der Waals surface area contributed by atoms with Crippen LogP contribution in [-0.2, 0) is 9.53 Å². The van der Waals surface area contributed by atoms with E-state index in [1.807, 2.05) is 23.1 Å². The summed E-state index contributed by atoms with van der Waals surface area (Å²) >= 11 is 8.81. The van der Waals surface area contributed by atoms with Crippen LogP contribution >= 0.6 is 28.1 Å². The van der Waals surface area contributed by atoms with E-state index in [9.17, 15) is 9.18 Å². The first-order chi connectivity index (χ1) is 15.0. The standard InChI is InChI=1S/C22H19BrFN3O3S/c1-29-19(28)9-11-27-21(20(26-22(27)31)16-4-2-3-10-25-16)18-8-7-17(30-18)14-6-5-13(23)12-15(14)24/h2-8,10,12,20-21H,9,11H2,1H3,(H,26,31)/t20-,21-/m0/s1. The molecule has 9 heteroatoms. The number of aromatic nitrogens is 1. The predicted molar refractivity (Wildman–Crippen MR) is 121 cm³/mol. The Hall–Kier alpha value is -2.78. The van der Waals surface area contributed by atoms with Crippen molar-refractivity contribution < 1.29 is 18.3 Å². The lowest BCUT2D eigenvalue weighted by atomic mass is 10.0. The average molecular weight is 504 g/mol. The molecule has 3 heterocycles. The Morgan fingerprint density at radius 3 is 2.87 bits per heavy atom. The SMILES string of the molecule is COC(=O)CCN1C(=S)N[C@@H](c2ccccn2)[C@@H]1c1ccc(-c2ccc(Br)cc2F)o1. The zero-order valence-electron chi connectivity index (χ0n) is 16.5. The number of hydrogen-bond donors (Lipinski definition) is 1. The van der Waals surface area contributed by atoms with E-state index in [0.29, 0.717) is 33.2 Å². The van der Waals surface area contributed by atoms with Crippen molar-refractivity contribution in [3.8, 4) is 11.3 Å². The van der Waals surface area contributed by atoms with Gasteiger partial charge in [-0.05, 0) is 54.7 Å². The number of rotatable bonds is 6. The number of nitrogens with zero attached hydrogens (tertiary/aromatic N) is 2. The maximum absolute atomic E-state index is 14.5. The number of ether oxygens (including phenoxy) is 1. The van der Waals surface area contributed by atoms with Gasteiger partial charge in [-0.1, -0.05) is 22.0 Å². The van der Waals surface area contributed by atoms with Crippen molar-refractivity contribution in [3.63, 3.8) is 0 Å². The van der Waals surface area contributed by atoms with Crippen LogP contribution in [0.15, 0.2) is 63.6 Å². The second-order valence-corrected chi connectivity index (χ2v) is 8.27. The zero-order chi connectivity index (χ0) is 22.0. The molecule has 1 fully saturated rings. The molecule has 31 heavy (non-hydrogen) atoms. The highest BCUT2D eigenvalue weighted by Gasteiger charge is 2.41. The Morgan fingerprint density at radius 1 is 1.32 bits per heavy atom. The fourth-order valence-corrected chi connectivity index (χ4v) is 4.28. The molecule has 4 rings (SSSR count). The molecule has 2 aromatic heterocycles. The van der Waals surface area contributed by atoms with Gasteiger partial charge < -0.3 is 19.4 Å². The summed E-state index contributed by atoms with van der Waals surface area (Å²) in [6.07, 6.45) is 1.87. The van der Waals surface area contributed by atoms with E-state index in [-0.39, 0.29) is 30.3 Å². The molecule has 0 spiro atoms. The molecule has 6 nitrogen and oxygen atoms in total. The molecule has 0 saturated carbocycles. The Morgan fingerprint density at radius 2 is 2.16 bits per heavy atom. The number of esters is 1. The Bertz CT molecular complexity index is 1110. The van der Waals surface area contributed by atoms with Gasteiger partial charge >= 0.3 is 5.97 Å². The number of hydrogen-bond acceptors (Lipinski definition) is 5. The molecule has 1 N–H and O–H groups in total. The third-order valence-corrected chi connectivity index (χ3v) is 5.94. The van der Waals surface area contributed by atoms with Crippen molar-refractivity contribution in [2.45, 2.75) is 18.5 Å². The molecule has 0 bridgehead atoms. The van der Waals surface area contributed by atoms with Crippen molar-refractivity contribution in [3.05, 3.63) is 76.5 Å². The number of furan rings is 1. The Kier molecular flexibility index (Phi) is 6.33. The quantitative estimate of drug-likeness (QED) is 0.383. The topological polar surface area (TPSA) is 67.6 Å². The number of carbonyl (C=O) groups excluding carboxylic acids is 1. The molecular formula is C22H19BrFN3O3S. The maximum Gasteiger partial charge on any atom is 0.307 e. The molecule has 3 aromatic rings. The number of methoxy groups -OCH3 is 1. The van der Waals surface area contributed by atoms with E-state index in [4.69, 9.17) is 21.4 Å². The minimum atomic E-state index is -0.390. The van der Waals surface area contributed by atoms with Crippen molar-refractivity contribution in [2.24, 2.45) is 0 Å². The van der Waals surface area contributed by atoms with E-state index in [2.05, 4.69) is 26.2 Å². The molecule has 1 aliphatic rings. The monoisotopic (exact) mass is 503 g/mol. The van der Waals surface area contributed by atoms with Crippen molar-refractivity contribution >= 4 is 39.2 Å². The van der Waals surface area contributed by atoms with Gasteiger partial charge in [-0.15, -0.1) is 0 Å². The van der Waals surface area contributed by atoms with Crippen LogP contribution in [0.2, 0.25) is 0 Å². The summed E-state index contributed by atoms with van der Waals surface area (Å²) in [4.78, 5) is 18.1. The molecule has 0 radical (unpaired) electrons. The number of carbonyl (C=O) groups is 1. The molecule has 1 aliphatic heterocycles. The molecular weight excluding hydrogens is 485 g/mol. The highest BCUT2D eigenvalue weighted by molar-refractivity contribution is 9.10. The summed E-state index contributed by atoms with van der Waals surface area (Å²) in [6, 6.07) is 13.3. The number of nitrogens with one attached hydrogen (secondary N) is 1. The summed E-state index contributed by atoms with van der Waals surface area (Å²) in [6.45, 7) is 0.342. The molecule has 2 atom stereocenters. The molecule has 0 aliphatic carbocycles. The van der Waals surface area contributed by atoms with Crippen LogP contribution in [0.1, 0.15) is 30.0 Å². The normalized spacial score (nSPS) is 18.2. The average Bonchev–Trinajstić information content (AvgIpc) is 3.37. The van der Waals surface area contributed by atoms with Gasteiger partial charge in [-0.2, -0.15) is 0 Å². The molecule has 0 amide bonds. The van der Waals surface area contributed by atoms with Crippen LogP contribution in [0.25, 0.3) is 11.3 Å². The van der Waals surface area contributed by atoms with E-state index < -0.39 is 0 Å². The Labute approximate surface area is 192 Å². The first kappa shape index (κ1) is 21.5. The van der Waals surface area contributed by atoms with E-state index >= 15 is 0 Å². The van der Waals surface area contributed by atoms with Gasteiger partial charge in [0.1, 0.15) is 23.4 Å². The van der Waals surface area contributed by atoms with E-state index in [0.717, 1.165) is 5.69 Å². The van der Waals surface area contributed by atoms with Crippen molar-refractivity contribution in [2.75, 3.05) is 13.7 Å². The zero-order valence-corrected chi connectivity index (χ0v) is 19.0.